The molecule has 0 saturated heterocycles. The molecule has 0 heterocycles. The monoisotopic (exact) mass is 170 g/mol. The topological polar surface area (TPSA) is 43.4 Å². The number of methoxy groups -OCH3 is 1. The molecule has 68 valence electrons. The van der Waals surface area contributed by atoms with Gasteiger partial charge in [0.05, 0.1) is 13.0 Å². The maximum atomic E-state index is 11.1. The Morgan fingerprint density at radius 3 is 2.67 bits per heavy atom. The highest BCUT2D eigenvalue weighted by atomic mass is 16.5. The molecule has 1 fully saturated rings. The van der Waals surface area contributed by atoms with Gasteiger partial charge in [-0.1, -0.05) is 6.92 Å². The quantitative estimate of drug-likeness (QED) is 0.555. The number of ketones is 1. The molecule has 0 aliphatic heterocycles. The van der Waals surface area contributed by atoms with Crippen LogP contribution in [0.15, 0.2) is 0 Å². The van der Waals surface area contributed by atoms with Crippen LogP contribution in [0, 0.1) is 11.8 Å². The SMILES string of the molecule is COC(=O)[C@H]1CC(=O)C[C@@H](C)C1. The molecule has 0 aromatic carbocycles. The average molecular weight is 170 g/mol. The molecular formula is C9H14O3. The molecule has 2 atom stereocenters. The zero-order chi connectivity index (χ0) is 9.14. The molecule has 3 heteroatoms. The first-order valence-corrected chi connectivity index (χ1v) is 4.23. The molecule has 0 N–H and O–H groups in total. The Morgan fingerprint density at radius 1 is 1.50 bits per heavy atom. The van der Waals surface area contributed by atoms with E-state index in [2.05, 4.69) is 4.74 Å². The number of hydrogen-bond donors (Lipinski definition) is 0. The third-order valence-corrected chi connectivity index (χ3v) is 2.27. The standard InChI is InChI=1S/C9H14O3/c1-6-3-7(9(11)12-2)5-8(10)4-6/h6-7H,3-5H2,1-2H3/t6-,7+/m0/s1. The van der Waals surface area contributed by atoms with Crippen molar-refractivity contribution in [3.63, 3.8) is 0 Å². The lowest BCUT2D eigenvalue weighted by molar-refractivity contribution is -0.149. The molecule has 1 rings (SSSR count). The second kappa shape index (κ2) is 3.70. The smallest absolute Gasteiger partial charge is 0.309 e. The van der Waals surface area contributed by atoms with Gasteiger partial charge < -0.3 is 4.74 Å². The van der Waals surface area contributed by atoms with Crippen LogP contribution in [0.1, 0.15) is 26.2 Å². The van der Waals surface area contributed by atoms with E-state index in [1.807, 2.05) is 6.92 Å². The highest BCUT2D eigenvalue weighted by molar-refractivity contribution is 5.85. The Bertz CT molecular complexity index is 198. The molecule has 0 amide bonds. The van der Waals surface area contributed by atoms with E-state index in [1.165, 1.54) is 7.11 Å². The molecule has 0 radical (unpaired) electrons. The van der Waals surface area contributed by atoms with Crippen molar-refractivity contribution in [2.24, 2.45) is 11.8 Å². The summed E-state index contributed by atoms with van der Waals surface area (Å²) in [5.74, 6) is 0.0839. The maximum Gasteiger partial charge on any atom is 0.309 e. The summed E-state index contributed by atoms with van der Waals surface area (Å²) in [7, 11) is 1.37. The Hall–Kier alpha value is -0.860. The lowest BCUT2D eigenvalue weighted by Gasteiger charge is -2.23. The summed E-state index contributed by atoms with van der Waals surface area (Å²) in [6.45, 7) is 1.99. The number of hydrogen-bond acceptors (Lipinski definition) is 3. The van der Waals surface area contributed by atoms with Crippen LogP contribution in [0.4, 0.5) is 0 Å². The summed E-state index contributed by atoms with van der Waals surface area (Å²) in [5.41, 5.74) is 0. The normalized spacial score (nSPS) is 30.0. The Kier molecular flexibility index (Phi) is 2.84. The largest absolute Gasteiger partial charge is 0.469 e. The van der Waals surface area contributed by atoms with Gasteiger partial charge in [0.25, 0.3) is 0 Å². The first kappa shape index (κ1) is 9.23. The first-order chi connectivity index (χ1) is 5.63. The van der Waals surface area contributed by atoms with Crippen molar-refractivity contribution in [3.8, 4) is 0 Å². The van der Waals surface area contributed by atoms with Gasteiger partial charge in [-0.3, -0.25) is 9.59 Å². The third kappa shape index (κ3) is 2.06. The lowest BCUT2D eigenvalue weighted by Crippen LogP contribution is -2.27. The van der Waals surface area contributed by atoms with Crippen molar-refractivity contribution in [1.82, 2.24) is 0 Å². The number of esters is 1. The summed E-state index contributed by atoms with van der Waals surface area (Å²) in [5, 5.41) is 0. The Morgan fingerprint density at radius 2 is 2.17 bits per heavy atom. The van der Waals surface area contributed by atoms with E-state index in [9.17, 15) is 9.59 Å². The number of carbonyl (C=O) groups excluding carboxylic acids is 2. The van der Waals surface area contributed by atoms with Gasteiger partial charge >= 0.3 is 5.97 Å². The molecule has 1 aliphatic rings. The molecule has 0 aromatic heterocycles. The molecule has 12 heavy (non-hydrogen) atoms. The van der Waals surface area contributed by atoms with Crippen molar-refractivity contribution in [3.05, 3.63) is 0 Å². The van der Waals surface area contributed by atoms with Gasteiger partial charge in [0.2, 0.25) is 0 Å². The maximum absolute atomic E-state index is 11.1. The number of carbonyl (C=O) groups is 2. The van der Waals surface area contributed by atoms with Gasteiger partial charge in [0, 0.05) is 12.8 Å². The predicted molar refractivity (Wildman–Crippen MR) is 43.5 cm³/mol. The van der Waals surface area contributed by atoms with Crippen molar-refractivity contribution in [2.45, 2.75) is 26.2 Å². The van der Waals surface area contributed by atoms with E-state index in [4.69, 9.17) is 0 Å². The summed E-state index contributed by atoms with van der Waals surface area (Å²) in [4.78, 5) is 22.2. The fraction of sp³-hybridized carbons (Fsp3) is 0.778. The molecule has 0 unspecified atom stereocenters. The van der Waals surface area contributed by atoms with Gasteiger partial charge in [-0.2, -0.15) is 0 Å². The minimum Gasteiger partial charge on any atom is -0.469 e. The fourth-order valence-corrected chi connectivity index (χ4v) is 1.75. The van der Waals surface area contributed by atoms with Crippen LogP contribution in [0.2, 0.25) is 0 Å². The molecule has 1 saturated carbocycles. The summed E-state index contributed by atoms with van der Waals surface area (Å²) in [6, 6.07) is 0. The summed E-state index contributed by atoms with van der Waals surface area (Å²) >= 11 is 0. The molecule has 0 spiro atoms. The summed E-state index contributed by atoms with van der Waals surface area (Å²) < 4.78 is 4.60. The molecule has 3 nitrogen and oxygen atoms in total. The number of rotatable bonds is 1. The highest BCUT2D eigenvalue weighted by Gasteiger charge is 2.30. The predicted octanol–water partition coefficient (Wildman–Crippen LogP) is 1.16. The first-order valence-electron chi connectivity index (χ1n) is 4.23. The average Bonchev–Trinajstić information content (AvgIpc) is 2.01. The second-order valence-corrected chi connectivity index (χ2v) is 3.51. The van der Waals surface area contributed by atoms with Crippen LogP contribution in [0.3, 0.4) is 0 Å². The van der Waals surface area contributed by atoms with Crippen LogP contribution in [-0.4, -0.2) is 18.9 Å². The van der Waals surface area contributed by atoms with Crippen molar-refractivity contribution in [1.29, 1.82) is 0 Å². The number of Topliss-reactive ketones (excluding diaryl/α,β-unsaturated/α-hetero) is 1. The van der Waals surface area contributed by atoms with E-state index in [-0.39, 0.29) is 17.7 Å². The van der Waals surface area contributed by atoms with E-state index in [0.29, 0.717) is 18.8 Å². The van der Waals surface area contributed by atoms with Gasteiger partial charge in [-0.15, -0.1) is 0 Å². The lowest BCUT2D eigenvalue weighted by atomic mass is 9.82. The molecule has 0 bridgehead atoms. The zero-order valence-electron chi connectivity index (χ0n) is 7.50. The molecule has 1 aliphatic carbocycles. The Labute approximate surface area is 72.1 Å². The van der Waals surface area contributed by atoms with E-state index in [1.54, 1.807) is 0 Å². The van der Waals surface area contributed by atoms with Crippen LogP contribution >= 0.6 is 0 Å². The highest BCUT2D eigenvalue weighted by Crippen LogP contribution is 2.26. The van der Waals surface area contributed by atoms with Crippen LogP contribution in [0.25, 0.3) is 0 Å². The molecule has 0 aromatic rings. The van der Waals surface area contributed by atoms with Crippen molar-refractivity contribution in [2.75, 3.05) is 7.11 Å². The van der Waals surface area contributed by atoms with Crippen LogP contribution in [0.5, 0.6) is 0 Å². The van der Waals surface area contributed by atoms with Gasteiger partial charge in [0.1, 0.15) is 5.78 Å². The fourth-order valence-electron chi connectivity index (χ4n) is 1.75. The van der Waals surface area contributed by atoms with Gasteiger partial charge in [-0.25, -0.2) is 0 Å². The number of ether oxygens (including phenoxy) is 1. The van der Waals surface area contributed by atoms with Gasteiger partial charge in [-0.05, 0) is 12.3 Å². The third-order valence-electron chi connectivity index (χ3n) is 2.27. The van der Waals surface area contributed by atoms with Crippen LogP contribution in [-0.2, 0) is 14.3 Å². The minimum absolute atomic E-state index is 0.184. The Balaban J connectivity index is 2.55. The van der Waals surface area contributed by atoms with Crippen molar-refractivity contribution >= 4 is 11.8 Å². The summed E-state index contributed by atoms with van der Waals surface area (Å²) in [6.07, 6.45) is 1.78. The minimum atomic E-state index is -0.241. The van der Waals surface area contributed by atoms with Gasteiger partial charge in [0.15, 0.2) is 0 Å². The van der Waals surface area contributed by atoms with E-state index >= 15 is 0 Å². The van der Waals surface area contributed by atoms with Crippen molar-refractivity contribution < 1.29 is 14.3 Å². The second-order valence-electron chi connectivity index (χ2n) is 3.51. The van der Waals surface area contributed by atoms with E-state index in [0.717, 1.165) is 6.42 Å². The zero-order valence-corrected chi connectivity index (χ0v) is 7.50. The molecular weight excluding hydrogens is 156 g/mol. The van der Waals surface area contributed by atoms with E-state index < -0.39 is 0 Å². The van der Waals surface area contributed by atoms with Crippen LogP contribution < -0.4 is 0 Å².